The summed E-state index contributed by atoms with van der Waals surface area (Å²) in [5, 5.41) is 0. The normalized spacial score (nSPS) is 43.8. The molecule has 0 aromatic heterocycles. The summed E-state index contributed by atoms with van der Waals surface area (Å²) < 4.78 is 5.66. The topological polar surface area (TPSA) is 9.23 Å². The van der Waals surface area contributed by atoms with Crippen molar-refractivity contribution in [3.63, 3.8) is 0 Å². The molecule has 1 aliphatic carbocycles. The van der Waals surface area contributed by atoms with Crippen molar-refractivity contribution in [2.75, 3.05) is 6.61 Å². The van der Waals surface area contributed by atoms with Gasteiger partial charge in [-0.3, -0.25) is 0 Å². The molecule has 0 spiro atoms. The van der Waals surface area contributed by atoms with Crippen LogP contribution in [0.3, 0.4) is 0 Å². The lowest BCUT2D eigenvalue weighted by Crippen LogP contribution is -2.53. The van der Waals surface area contributed by atoms with Crippen molar-refractivity contribution in [1.29, 1.82) is 0 Å². The molecule has 1 nitrogen and oxygen atoms in total. The number of hydrogen-bond acceptors (Lipinski definition) is 1. The van der Waals surface area contributed by atoms with E-state index in [1.165, 1.54) is 12.8 Å². The van der Waals surface area contributed by atoms with Crippen LogP contribution in [0.4, 0.5) is 0 Å². The SMILES string of the molecule is CC1(C)[CH]C2CCCOC21. The number of rotatable bonds is 0. The van der Waals surface area contributed by atoms with Crippen LogP contribution in [0.15, 0.2) is 0 Å². The first-order valence-electron chi connectivity index (χ1n) is 4.18. The highest BCUT2D eigenvalue weighted by molar-refractivity contribution is 5.11. The summed E-state index contributed by atoms with van der Waals surface area (Å²) in [5.74, 6) is 0.781. The summed E-state index contributed by atoms with van der Waals surface area (Å²) in [7, 11) is 0. The lowest BCUT2D eigenvalue weighted by atomic mass is 9.59. The molecule has 1 saturated carbocycles. The van der Waals surface area contributed by atoms with E-state index in [9.17, 15) is 0 Å². The van der Waals surface area contributed by atoms with Crippen LogP contribution in [0.2, 0.25) is 0 Å². The second kappa shape index (κ2) is 1.97. The molecular weight excluding hydrogens is 124 g/mol. The van der Waals surface area contributed by atoms with Crippen LogP contribution in [-0.2, 0) is 4.74 Å². The van der Waals surface area contributed by atoms with E-state index in [0.29, 0.717) is 11.5 Å². The van der Waals surface area contributed by atoms with E-state index in [0.717, 1.165) is 12.5 Å². The zero-order valence-corrected chi connectivity index (χ0v) is 6.76. The van der Waals surface area contributed by atoms with Gasteiger partial charge in [0.1, 0.15) is 0 Å². The third-order valence-corrected chi connectivity index (χ3v) is 2.75. The summed E-state index contributed by atoms with van der Waals surface area (Å²) in [6.07, 6.45) is 5.60. The van der Waals surface area contributed by atoms with Crippen molar-refractivity contribution in [2.45, 2.75) is 32.8 Å². The first kappa shape index (κ1) is 6.66. The molecule has 2 rings (SSSR count). The molecule has 1 radical (unpaired) electrons. The van der Waals surface area contributed by atoms with Crippen molar-refractivity contribution in [3.05, 3.63) is 6.42 Å². The highest BCUT2D eigenvalue weighted by Gasteiger charge is 2.49. The molecule has 1 saturated heterocycles. The van der Waals surface area contributed by atoms with E-state index in [2.05, 4.69) is 20.3 Å². The third-order valence-electron chi connectivity index (χ3n) is 2.75. The molecule has 2 aliphatic rings. The van der Waals surface area contributed by atoms with Gasteiger partial charge in [0.25, 0.3) is 0 Å². The summed E-state index contributed by atoms with van der Waals surface area (Å²) >= 11 is 0. The van der Waals surface area contributed by atoms with Crippen LogP contribution in [-0.4, -0.2) is 12.7 Å². The molecule has 1 heterocycles. The lowest BCUT2D eigenvalue weighted by molar-refractivity contribution is -0.126. The number of fused-ring (bicyclic) bond motifs is 1. The molecular formula is C9H15O. The Kier molecular flexibility index (Phi) is 1.31. The van der Waals surface area contributed by atoms with E-state index in [4.69, 9.17) is 4.74 Å². The van der Waals surface area contributed by atoms with Gasteiger partial charge in [0.15, 0.2) is 0 Å². The monoisotopic (exact) mass is 139 g/mol. The second-order valence-electron chi connectivity index (χ2n) is 4.09. The van der Waals surface area contributed by atoms with E-state index < -0.39 is 0 Å². The Labute approximate surface area is 62.8 Å². The van der Waals surface area contributed by atoms with Crippen molar-refractivity contribution in [3.8, 4) is 0 Å². The molecule has 2 unspecified atom stereocenters. The van der Waals surface area contributed by atoms with E-state index in [1.807, 2.05) is 0 Å². The molecule has 1 heteroatoms. The minimum Gasteiger partial charge on any atom is -0.377 e. The Morgan fingerprint density at radius 3 is 2.80 bits per heavy atom. The molecule has 0 amide bonds. The van der Waals surface area contributed by atoms with Gasteiger partial charge < -0.3 is 4.74 Å². The fourth-order valence-corrected chi connectivity index (χ4v) is 2.27. The largest absolute Gasteiger partial charge is 0.377 e. The Balaban J connectivity index is 2.01. The lowest BCUT2D eigenvalue weighted by Gasteiger charge is -2.53. The van der Waals surface area contributed by atoms with Gasteiger partial charge in [-0.05, 0) is 30.6 Å². The average molecular weight is 139 g/mol. The first-order chi connectivity index (χ1) is 4.70. The summed E-state index contributed by atoms with van der Waals surface area (Å²) in [6, 6.07) is 0. The molecule has 2 atom stereocenters. The molecule has 0 aromatic rings. The highest BCUT2D eigenvalue weighted by atomic mass is 16.5. The zero-order chi connectivity index (χ0) is 7.19. The highest BCUT2D eigenvalue weighted by Crippen LogP contribution is 2.49. The third kappa shape index (κ3) is 0.800. The molecule has 1 aliphatic heterocycles. The van der Waals surface area contributed by atoms with Gasteiger partial charge in [0.05, 0.1) is 6.10 Å². The first-order valence-corrected chi connectivity index (χ1v) is 4.18. The van der Waals surface area contributed by atoms with Gasteiger partial charge in [-0.2, -0.15) is 0 Å². The maximum atomic E-state index is 5.66. The summed E-state index contributed by atoms with van der Waals surface area (Å²) in [6.45, 7) is 5.51. The molecule has 0 N–H and O–H groups in total. The van der Waals surface area contributed by atoms with Gasteiger partial charge in [-0.15, -0.1) is 0 Å². The van der Waals surface area contributed by atoms with Gasteiger partial charge >= 0.3 is 0 Å². The predicted octanol–water partition coefficient (Wildman–Crippen LogP) is 2.03. The maximum absolute atomic E-state index is 5.66. The number of hydrogen-bond donors (Lipinski definition) is 0. The predicted molar refractivity (Wildman–Crippen MR) is 40.5 cm³/mol. The Bertz CT molecular complexity index is 140. The van der Waals surface area contributed by atoms with Crippen LogP contribution in [0.25, 0.3) is 0 Å². The minimum atomic E-state index is 0.366. The standard InChI is InChI=1S/C9H15O/c1-9(2)6-7-4-3-5-10-8(7)9/h6-8H,3-5H2,1-2H3. The second-order valence-corrected chi connectivity index (χ2v) is 4.09. The van der Waals surface area contributed by atoms with Crippen LogP contribution in [0, 0.1) is 17.8 Å². The quantitative estimate of drug-likeness (QED) is 0.499. The van der Waals surface area contributed by atoms with Gasteiger partial charge in [-0.1, -0.05) is 13.8 Å². The fourth-order valence-electron chi connectivity index (χ4n) is 2.27. The zero-order valence-electron chi connectivity index (χ0n) is 6.76. The van der Waals surface area contributed by atoms with Crippen LogP contribution >= 0.6 is 0 Å². The van der Waals surface area contributed by atoms with Crippen LogP contribution in [0.1, 0.15) is 26.7 Å². The summed E-state index contributed by atoms with van der Waals surface area (Å²) in [5.41, 5.74) is 0.366. The van der Waals surface area contributed by atoms with Gasteiger partial charge in [0, 0.05) is 6.61 Å². The smallest absolute Gasteiger partial charge is 0.0659 e. The van der Waals surface area contributed by atoms with Crippen molar-refractivity contribution in [1.82, 2.24) is 0 Å². The van der Waals surface area contributed by atoms with Gasteiger partial charge in [-0.25, -0.2) is 0 Å². The Morgan fingerprint density at radius 1 is 1.50 bits per heavy atom. The van der Waals surface area contributed by atoms with Crippen LogP contribution in [0.5, 0.6) is 0 Å². The Hall–Kier alpha value is -0.0400. The molecule has 0 aromatic carbocycles. The van der Waals surface area contributed by atoms with E-state index in [-0.39, 0.29) is 0 Å². The van der Waals surface area contributed by atoms with Crippen LogP contribution < -0.4 is 0 Å². The van der Waals surface area contributed by atoms with E-state index >= 15 is 0 Å². The van der Waals surface area contributed by atoms with Crippen molar-refractivity contribution in [2.24, 2.45) is 11.3 Å². The molecule has 57 valence electrons. The van der Waals surface area contributed by atoms with Crippen molar-refractivity contribution >= 4 is 0 Å². The fraction of sp³-hybridized carbons (Fsp3) is 0.889. The van der Waals surface area contributed by atoms with Gasteiger partial charge in [0.2, 0.25) is 0 Å². The number of ether oxygens (including phenoxy) is 1. The van der Waals surface area contributed by atoms with E-state index in [1.54, 1.807) is 0 Å². The molecule has 10 heavy (non-hydrogen) atoms. The maximum Gasteiger partial charge on any atom is 0.0659 e. The molecule has 0 bridgehead atoms. The van der Waals surface area contributed by atoms with Crippen molar-refractivity contribution < 1.29 is 4.74 Å². The average Bonchev–Trinajstić information content (AvgIpc) is 1.86. The molecule has 2 fully saturated rings. The minimum absolute atomic E-state index is 0.366. The summed E-state index contributed by atoms with van der Waals surface area (Å²) in [4.78, 5) is 0. The Morgan fingerprint density at radius 2 is 2.30 bits per heavy atom.